The lowest BCUT2D eigenvalue weighted by Crippen LogP contribution is -2.72. The highest BCUT2D eigenvalue weighted by Crippen LogP contribution is 2.52. The van der Waals surface area contributed by atoms with Gasteiger partial charge < -0.3 is 20.1 Å². The lowest BCUT2D eigenvalue weighted by atomic mass is 9.78. The summed E-state index contributed by atoms with van der Waals surface area (Å²) >= 11 is 11.8. The second kappa shape index (κ2) is 8.24. The zero-order valence-electron chi connectivity index (χ0n) is 18.0. The van der Waals surface area contributed by atoms with E-state index >= 15 is 0 Å². The summed E-state index contributed by atoms with van der Waals surface area (Å²) in [4.78, 5) is 15.6. The third-order valence-electron chi connectivity index (χ3n) is 6.12. The Hall–Kier alpha value is -3.29. The van der Waals surface area contributed by atoms with E-state index in [0.29, 0.717) is 27.3 Å². The van der Waals surface area contributed by atoms with Crippen molar-refractivity contribution >= 4 is 46.2 Å². The maximum atomic E-state index is 13.8. The van der Waals surface area contributed by atoms with Crippen LogP contribution in [-0.4, -0.2) is 23.9 Å². The Morgan fingerprint density at radius 1 is 1.12 bits per heavy atom. The van der Waals surface area contributed by atoms with Crippen molar-refractivity contribution in [3.05, 3.63) is 83.4 Å². The van der Waals surface area contributed by atoms with Gasteiger partial charge in [-0.25, -0.2) is 0 Å². The van der Waals surface area contributed by atoms with Gasteiger partial charge in [-0.2, -0.15) is 0 Å². The van der Waals surface area contributed by atoms with Gasteiger partial charge in [0.25, 0.3) is 0 Å². The van der Waals surface area contributed by atoms with Gasteiger partial charge in [0.15, 0.2) is 22.3 Å². The molecule has 2 heterocycles. The molecular formula is C25H22ClN3O3S. The summed E-state index contributed by atoms with van der Waals surface area (Å²) in [7, 11) is 1.60. The highest BCUT2D eigenvalue weighted by atomic mass is 35.5. The number of halogens is 1. The topological polar surface area (TPSA) is 62.8 Å². The monoisotopic (exact) mass is 479 g/mol. The zero-order valence-corrected chi connectivity index (χ0v) is 19.6. The summed E-state index contributed by atoms with van der Waals surface area (Å²) in [5.41, 5.74) is 1.17. The van der Waals surface area contributed by atoms with Gasteiger partial charge in [0.1, 0.15) is 5.92 Å². The van der Waals surface area contributed by atoms with Crippen LogP contribution in [-0.2, 0) is 4.79 Å². The molecule has 5 rings (SSSR count). The number of carbonyl (C=O) groups excluding carboxylic acids is 1. The normalized spacial score (nSPS) is 23.1. The first-order valence-electron chi connectivity index (χ1n) is 10.5. The SMILES string of the molecule is COc1cccc2c1OC1(C)C(C(=O)Nc3ccc(Cl)cc3)C2NC(=S)N1c1ccccc1. The fourth-order valence-corrected chi connectivity index (χ4v) is 5.19. The number of benzene rings is 3. The Labute approximate surface area is 202 Å². The molecule has 0 saturated carbocycles. The predicted molar refractivity (Wildman–Crippen MR) is 133 cm³/mol. The van der Waals surface area contributed by atoms with Gasteiger partial charge in [0.05, 0.1) is 13.2 Å². The Morgan fingerprint density at radius 2 is 1.85 bits per heavy atom. The molecule has 3 unspecified atom stereocenters. The van der Waals surface area contributed by atoms with E-state index < -0.39 is 17.7 Å². The van der Waals surface area contributed by atoms with Crippen molar-refractivity contribution in [1.82, 2.24) is 5.32 Å². The second-order valence-electron chi connectivity index (χ2n) is 8.11. The first-order chi connectivity index (χ1) is 15.9. The summed E-state index contributed by atoms with van der Waals surface area (Å²) in [6.07, 6.45) is 0. The van der Waals surface area contributed by atoms with E-state index in [1.807, 2.05) is 60.4 Å². The molecule has 1 saturated heterocycles. The molecule has 33 heavy (non-hydrogen) atoms. The molecular weight excluding hydrogens is 458 g/mol. The largest absolute Gasteiger partial charge is 0.493 e. The van der Waals surface area contributed by atoms with Crippen LogP contribution in [0.25, 0.3) is 0 Å². The number of rotatable bonds is 4. The number of hydrogen-bond donors (Lipinski definition) is 2. The van der Waals surface area contributed by atoms with Gasteiger partial charge >= 0.3 is 0 Å². The molecule has 0 spiro atoms. The van der Waals surface area contributed by atoms with E-state index in [0.717, 1.165) is 11.3 Å². The average Bonchev–Trinajstić information content (AvgIpc) is 2.80. The molecule has 2 bridgehead atoms. The number of fused-ring (bicyclic) bond motifs is 4. The third-order valence-corrected chi connectivity index (χ3v) is 6.67. The van der Waals surface area contributed by atoms with Crippen molar-refractivity contribution in [1.29, 1.82) is 0 Å². The lowest BCUT2D eigenvalue weighted by Gasteiger charge is -2.56. The molecule has 0 aliphatic carbocycles. The number of nitrogens with one attached hydrogen (secondary N) is 2. The van der Waals surface area contributed by atoms with Crippen molar-refractivity contribution in [2.24, 2.45) is 5.92 Å². The number of anilines is 2. The number of amides is 1. The number of para-hydroxylation sites is 2. The van der Waals surface area contributed by atoms with Crippen LogP contribution >= 0.6 is 23.8 Å². The molecule has 1 amide bonds. The van der Waals surface area contributed by atoms with Gasteiger partial charge in [0.2, 0.25) is 5.91 Å². The number of hydrogen-bond acceptors (Lipinski definition) is 4. The van der Waals surface area contributed by atoms with Crippen molar-refractivity contribution < 1.29 is 14.3 Å². The zero-order chi connectivity index (χ0) is 23.2. The van der Waals surface area contributed by atoms with E-state index in [-0.39, 0.29) is 5.91 Å². The number of thiocarbonyl (C=S) groups is 1. The summed E-state index contributed by atoms with van der Waals surface area (Å²) in [5.74, 6) is 0.357. The maximum absolute atomic E-state index is 13.8. The smallest absolute Gasteiger partial charge is 0.236 e. The van der Waals surface area contributed by atoms with Crippen LogP contribution in [0.15, 0.2) is 72.8 Å². The third kappa shape index (κ3) is 3.57. The first-order valence-corrected chi connectivity index (χ1v) is 11.3. The van der Waals surface area contributed by atoms with Crippen LogP contribution in [0, 0.1) is 5.92 Å². The molecule has 0 aromatic heterocycles. The van der Waals surface area contributed by atoms with Crippen LogP contribution < -0.4 is 25.0 Å². The van der Waals surface area contributed by atoms with E-state index in [2.05, 4.69) is 10.6 Å². The number of nitrogens with zero attached hydrogens (tertiary/aromatic N) is 1. The van der Waals surface area contributed by atoms with Crippen LogP contribution in [0.2, 0.25) is 5.02 Å². The first kappa shape index (κ1) is 21.6. The Kier molecular flexibility index (Phi) is 5.38. The molecule has 3 aromatic carbocycles. The van der Waals surface area contributed by atoms with Crippen molar-refractivity contribution in [3.8, 4) is 11.5 Å². The van der Waals surface area contributed by atoms with Crippen LogP contribution in [0.1, 0.15) is 18.5 Å². The van der Waals surface area contributed by atoms with Crippen LogP contribution in [0.4, 0.5) is 11.4 Å². The quantitative estimate of drug-likeness (QED) is 0.505. The Balaban J connectivity index is 1.64. The molecule has 1 fully saturated rings. The van der Waals surface area contributed by atoms with E-state index in [1.54, 1.807) is 31.4 Å². The molecule has 6 nitrogen and oxygen atoms in total. The molecule has 2 aliphatic rings. The minimum Gasteiger partial charge on any atom is -0.493 e. The van der Waals surface area contributed by atoms with E-state index in [9.17, 15) is 4.79 Å². The van der Waals surface area contributed by atoms with Crippen LogP contribution in [0.5, 0.6) is 11.5 Å². The summed E-state index contributed by atoms with van der Waals surface area (Å²) < 4.78 is 12.2. The maximum Gasteiger partial charge on any atom is 0.236 e. The fraction of sp³-hybridized carbons (Fsp3) is 0.200. The fourth-order valence-electron chi connectivity index (χ4n) is 4.65. The molecule has 2 aliphatic heterocycles. The molecule has 3 aromatic rings. The van der Waals surface area contributed by atoms with Gasteiger partial charge in [-0.05, 0) is 61.6 Å². The van der Waals surface area contributed by atoms with Gasteiger partial charge in [-0.15, -0.1) is 0 Å². The lowest BCUT2D eigenvalue weighted by molar-refractivity contribution is -0.130. The van der Waals surface area contributed by atoms with Crippen LogP contribution in [0.3, 0.4) is 0 Å². The summed E-state index contributed by atoms with van der Waals surface area (Å²) in [6.45, 7) is 1.89. The minimum absolute atomic E-state index is 0.200. The number of methoxy groups -OCH3 is 1. The van der Waals surface area contributed by atoms with Gasteiger partial charge in [-0.1, -0.05) is 41.9 Å². The highest BCUT2D eigenvalue weighted by molar-refractivity contribution is 7.80. The van der Waals surface area contributed by atoms with E-state index in [1.165, 1.54) is 0 Å². The molecule has 168 valence electrons. The molecule has 8 heteroatoms. The summed E-state index contributed by atoms with van der Waals surface area (Å²) in [5, 5.41) is 7.50. The van der Waals surface area contributed by atoms with E-state index in [4.69, 9.17) is 33.3 Å². The van der Waals surface area contributed by atoms with Gasteiger partial charge in [0, 0.05) is 22.0 Å². The standard InChI is InChI=1S/C25H22ClN3O3S/c1-25-20(23(30)27-16-13-11-15(26)12-14-16)21(18-9-6-10-19(31-2)22(18)32-25)28-24(33)29(25)17-7-4-3-5-8-17/h3-14,20-21H,1-2H3,(H,27,30)(H,28,33). The molecule has 2 N–H and O–H groups in total. The highest BCUT2D eigenvalue weighted by Gasteiger charge is 2.59. The number of carbonyl (C=O) groups is 1. The second-order valence-corrected chi connectivity index (χ2v) is 8.93. The minimum atomic E-state index is -1.12. The number of ether oxygens (including phenoxy) is 2. The van der Waals surface area contributed by atoms with Crippen molar-refractivity contribution in [2.75, 3.05) is 17.3 Å². The Bertz CT molecular complexity index is 1220. The summed E-state index contributed by atoms with van der Waals surface area (Å²) in [6, 6.07) is 21.9. The Morgan fingerprint density at radius 3 is 2.55 bits per heavy atom. The molecule has 3 atom stereocenters. The average molecular weight is 480 g/mol. The van der Waals surface area contributed by atoms with Crippen molar-refractivity contribution in [3.63, 3.8) is 0 Å². The molecule has 0 radical (unpaired) electrons. The van der Waals surface area contributed by atoms with Crippen molar-refractivity contribution in [2.45, 2.75) is 18.7 Å². The van der Waals surface area contributed by atoms with Gasteiger partial charge in [-0.3, -0.25) is 9.69 Å². The predicted octanol–water partition coefficient (Wildman–Crippen LogP) is 5.15.